The van der Waals surface area contributed by atoms with Crippen molar-refractivity contribution in [1.29, 1.82) is 0 Å². The molecule has 6 nitrogen and oxygen atoms in total. The Balaban J connectivity index is 0.00000300. The van der Waals surface area contributed by atoms with E-state index in [1.165, 1.54) is 4.88 Å². The highest BCUT2D eigenvalue weighted by Crippen LogP contribution is 2.28. The predicted octanol–water partition coefficient (Wildman–Crippen LogP) is 3.18. The van der Waals surface area contributed by atoms with Crippen LogP contribution in [-0.2, 0) is 14.9 Å². The first-order valence-electron chi connectivity index (χ1n) is 10.4. The molecule has 0 unspecified atom stereocenters. The summed E-state index contributed by atoms with van der Waals surface area (Å²) >= 11 is 1.79. The first-order chi connectivity index (χ1) is 13.5. The van der Waals surface area contributed by atoms with E-state index in [1.807, 2.05) is 4.90 Å². The third-order valence-electron chi connectivity index (χ3n) is 5.61. The molecular formula is C21H35IN4O2S. The van der Waals surface area contributed by atoms with Gasteiger partial charge in [0.25, 0.3) is 0 Å². The van der Waals surface area contributed by atoms with E-state index in [-0.39, 0.29) is 35.3 Å². The van der Waals surface area contributed by atoms with Crippen LogP contribution in [0.2, 0.25) is 0 Å². The maximum absolute atomic E-state index is 12.8. The zero-order chi connectivity index (χ0) is 20.0. The Morgan fingerprint density at radius 3 is 2.52 bits per heavy atom. The summed E-state index contributed by atoms with van der Waals surface area (Å²) in [5.41, 5.74) is 0.0272. The summed E-state index contributed by atoms with van der Waals surface area (Å²) in [7, 11) is 0. The standard InChI is InChI=1S/C21H34N4O2S.HI/c1-4-22-20(23-16-21(2,3)18-6-5-15-28-18)25-9-7-17(8-10-25)19(26)24-11-13-27-14-12-24;/h5-6,15,17H,4,7-14,16H2,1-3H3,(H,22,23);1H. The van der Waals surface area contributed by atoms with Crippen molar-refractivity contribution in [2.24, 2.45) is 10.9 Å². The topological polar surface area (TPSA) is 57.2 Å². The Labute approximate surface area is 196 Å². The average molecular weight is 535 g/mol. The van der Waals surface area contributed by atoms with Gasteiger partial charge in [-0.2, -0.15) is 0 Å². The molecule has 0 spiro atoms. The molecule has 29 heavy (non-hydrogen) atoms. The highest BCUT2D eigenvalue weighted by molar-refractivity contribution is 14.0. The lowest BCUT2D eigenvalue weighted by Crippen LogP contribution is -2.50. The fourth-order valence-electron chi connectivity index (χ4n) is 3.82. The van der Waals surface area contributed by atoms with Crippen molar-refractivity contribution in [3.63, 3.8) is 0 Å². The molecule has 2 aliphatic rings. The summed E-state index contributed by atoms with van der Waals surface area (Å²) in [6, 6.07) is 4.29. The van der Waals surface area contributed by atoms with Crippen molar-refractivity contribution in [2.75, 3.05) is 52.5 Å². The zero-order valence-corrected chi connectivity index (χ0v) is 21.0. The van der Waals surface area contributed by atoms with E-state index < -0.39 is 0 Å². The number of halogens is 1. The molecular weight excluding hydrogens is 499 g/mol. The van der Waals surface area contributed by atoms with Crippen LogP contribution in [-0.4, -0.2) is 74.1 Å². The molecule has 0 radical (unpaired) electrons. The summed E-state index contributed by atoms with van der Waals surface area (Å²) in [6.07, 6.45) is 1.80. The maximum Gasteiger partial charge on any atom is 0.225 e. The number of guanidine groups is 1. The minimum absolute atomic E-state index is 0. The molecule has 1 N–H and O–H groups in total. The van der Waals surface area contributed by atoms with E-state index in [2.05, 4.69) is 48.5 Å². The molecule has 1 amide bonds. The number of rotatable bonds is 5. The van der Waals surface area contributed by atoms with Crippen LogP contribution in [0.4, 0.5) is 0 Å². The van der Waals surface area contributed by atoms with Crippen LogP contribution in [0.3, 0.4) is 0 Å². The lowest BCUT2D eigenvalue weighted by Gasteiger charge is -2.37. The maximum atomic E-state index is 12.8. The van der Waals surface area contributed by atoms with Crippen LogP contribution < -0.4 is 5.32 Å². The molecule has 8 heteroatoms. The number of amides is 1. The monoisotopic (exact) mass is 534 g/mol. The van der Waals surface area contributed by atoms with Gasteiger partial charge in [-0.1, -0.05) is 19.9 Å². The van der Waals surface area contributed by atoms with Gasteiger partial charge in [0, 0.05) is 48.9 Å². The Morgan fingerprint density at radius 2 is 1.93 bits per heavy atom. The van der Waals surface area contributed by atoms with Gasteiger partial charge >= 0.3 is 0 Å². The molecule has 0 aromatic carbocycles. The van der Waals surface area contributed by atoms with E-state index in [4.69, 9.17) is 9.73 Å². The van der Waals surface area contributed by atoms with Crippen molar-refractivity contribution < 1.29 is 9.53 Å². The van der Waals surface area contributed by atoms with Crippen LogP contribution in [0.15, 0.2) is 22.5 Å². The molecule has 0 bridgehead atoms. The molecule has 164 valence electrons. The number of carbonyl (C=O) groups excluding carboxylic acids is 1. The fourth-order valence-corrected chi connectivity index (χ4v) is 4.66. The molecule has 3 heterocycles. The first kappa shape index (κ1) is 24.4. The van der Waals surface area contributed by atoms with Gasteiger partial charge in [-0.15, -0.1) is 35.3 Å². The smallest absolute Gasteiger partial charge is 0.225 e. The minimum Gasteiger partial charge on any atom is -0.378 e. The Kier molecular flexibility index (Phi) is 9.68. The Hall–Kier alpha value is -0.870. The van der Waals surface area contributed by atoms with Gasteiger partial charge in [-0.05, 0) is 31.2 Å². The van der Waals surface area contributed by atoms with Crippen LogP contribution in [0.1, 0.15) is 38.5 Å². The second kappa shape index (κ2) is 11.5. The number of thiophene rings is 1. The molecule has 0 aliphatic carbocycles. The Morgan fingerprint density at radius 1 is 1.24 bits per heavy atom. The number of likely N-dealkylation sites (tertiary alicyclic amines) is 1. The van der Waals surface area contributed by atoms with Crippen LogP contribution in [0.25, 0.3) is 0 Å². The number of hydrogen-bond donors (Lipinski definition) is 1. The zero-order valence-electron chi connectivity index (χ0n) is 17.9. The van der Waals surface area contributed by atoms with E-state index in [1.54, 1.807) is 11.3 Å². The van der Waals surface area contributed by atoms with E-state index >= 15 is 0 Å². The highest BCUT2D eigenvalue weighted by Gasteiger charge is 2.30. The number of ether oxygens (including phenoxy) is 1. The molecule has 0 atom stereocenters. The number of morpholine rings is 1. The first-order valence-corrected chi connectivity index (χ1v) is 11.3. The summed E-state index contributed by atoms with van der Waals surface area (Å²) in [5.74, 6) is 1.42. The quantitative estimate of drug-likeness (QED) is 0.358. The molecule has 1 aromatic rings. The lowest BCUT2D eigenvalue weighted by molar-refractivity contribution is -0.140. The van der Waals surface area contributed by atoms with Crippen molar-refractivity contribution >= 4 is 47.2 Å². The molecule has 3 rings (SSSR count). The van der Waals surface area contributed by atoms with E-state index in [0.717, 1.165) is 58.1 Å². The minimum atomic E-state index is 0. The predicted molar refractivity (Wildman–Crippen MR) is 130 cm³/mol. The van der Waals surface area contributed by atoms with E-state index in [9.17, 15) is 4.79 Å². The number of piperidine rings is 1. The van der Waals surface area contributed by atoms with Crippen molar-refractivity contribution in [1.82, 2.24) is 15.1 Å². The normalized spacial score (nSPS) is 19.1. The third kappa shape index (κ3) is 6.55. The van der Waals surface area contributed by atoms with Crippen molar-refractivity contribution in [3.8, 4) is 0 Å². The largest absolute Gasteiger partial charge is 0.378 e. The average Bonchev–Trinajstić information content (AvgIpc) is 3.27. The van der Waals surface area contributed by atoms with Gasteiger partial charge in [-0.3, -0.25) is 9.79 Å². The summed E-state index contributed by atoms with van der Waals surface area (Å²) in [4.78, 5) is 23.4. The number of hydrogen-bond acceptors (Lipinski definition) is 4. The van der Waals surface area contributed by atoms with Crippen LogP contribution in [0.5, 0.6) is 0 Å². The number of nitrogens with zero attached hydrogens (tertiary/aromatic N) is 3. The molecule has 0 saturated carbocycles. The van der Waals surface area contributed by atoms with E-state index in [0.29, 0.717) is 19.1 Å². The third-order valence-corrected chi connectivity index (χ3v) is 6.85. The van der Waals surface area contributed by atoms with Crippen molar-refractivity contribution in [2.45, 2.75) is 39.0 Å². The van der Waals surface area contributed by atoms with Crippen LogP contribution in [0, 0.1) is 5.92 Å². The highest BCUT2D eigenvalue weighted by atomic mass is 127. The lowest BCUT2D eigenvalue weighted by atomic mass is 9.92. The molecule has 2 saturated heterocycles. The SMILES string of the molecule is CCNC(=NCC(C)(C)c1cccs1)N1CCC(C(=O)N2CCOCC2)CC1.I. The second-order valence-corrected chi connectivity index (χ2v) is 9.18. The molecule has 1 aromatic heterocycles. The number of nitrogens with one attached hydrogen (secondary N) is 1. The summed E-state index contributed by atoms with van der Waals surface area (Å²) in [5, 5.41) is 5.57. The van der Waals surface area contributed by atoms with Gasteiger partial charge in [-0.25, -0.2) is 0 Å². The van der Waals surface area contributed by atoms with Crippen molar-refractivity contribution in [3.05, 3.63) is 22.4 Å². The van der Waals surface area contributed by atoms with Gasteiger partial charge in [0.2, 0.25) is 5.91 Å². The number of aliphatic imine (C=N–C) groups is 1. The molecule has 2 fully saturated rings. The van der Waals surface area contributed by atoms with Gasteiger partial charge < -0.3 is 19.9 Å². The fraction of sp³-hybridized carbons (Fsp3) is 0.714. The van der Waals surface area contributed by atoms with Gasteiger partial charge in [0.1, 0.15) is 0 Å². The second-order valence-electron chi connectivity index (χ2n) is 8.23. The Bertz CT molecular complexity index is 652. The van der Waals surface area contributed by atoms with Gasteiger partial charge in [0.05, 0.1) is 19.8 Å². The summed E-state index contributed by atoms with van der Waals surface area (Å²) in [6.45, 7) is 12.8. The number of carbonyl (C=O) groups is 1. The summed E-state index contributed by atoms with van der Waals surface area (Å²) < 4.78 is 5.37. The van der Waals surface area contributed by atoms with Gasteiger partial charge in [0.15, 0.2) is 5.96 Å². The molecule has 2 aliphatic heterocycles. The van der Waals surface area contributed by atoms with Crippen LogP contribution >= 0.6 is 35.3 Å².